The summed E-state index contributed by atoms with van der Waals surface area (Å²) in [7, 11) is 0. The summed E-state index contributed by atoms with van der Waals surface area (Å²) in [6.07, 6.45) is 5.84. The summed E-state index contributed by atoms with van der Waals surface area (Å²) < 4.78 is 0. The van der Waals surface area contributed by atoms with Crippen molar-refractivity contribution in [1.29, 1.82) is 5.26 Å². The van der Waals surface area contributed by atoms with Gasteiger partial charge in [0.1, 0.15) is 5.69 Å². The second kappa shape index (κ2) is 7.75. The molecule has 2 heterocycles. The Bertz CT molecular complexity index is 781. The van der Waals surface area contributed by atoms with Gasteiger partial charge in [0.15, 0.2) is 0 Å². The summed E-state index contributed by atoms with van der Waals surface area (Å²) in [5.41, 5.74) is 1.77. The maximum Gasteiger partial charge on any atom is 0.272 e. The lowest BCUT2D eigenvalue weighted by Crippen LogP contribution is -2.43. The van der Waals surface area contributed by atoms with E-state index in [1.165, 1.54) is 6.42 Å². The van der Waals surface area contributed by atoms with Crippen molar-refractivity contribution in [3.05, 3.63) is 47.8 Å². The Kier molecular flexibility index (Phi) is 5.24. The summed E-state index contributed by atoms with van der Waals surface area (Å²) in [4.78, 5) is 23.3. The highest BCUT2D eigenvalue weighted by molar-refractivity contribution is 5.92. The van der Waals surface area contributed by atoms with Crippen LogP contribution >= 0.6 is 0 Å². The molecule has 1 fully saturated rings. The smallest absolute Gasteiger partial charge is 0.272 e. The zero-order valence-electron chi connectivity index (χ0n) is 14.3. The number of benzene rings is 1. The van der Waals surface area contributed by atoms with E-state index in [1.807, 2.05) is 4.90 Å². The molecule has 1 aromatic heterocycles. The SMILES string of the molecule is CCC1CCCCN1C(=O)c1ccnc(Nc2ccc(C#N)cc2)n1. The van der Waals surface area contributed by atoms with Gasteiger partial charge in [-0.3, -0.25) is 4.79 Å². The van der Waals surface area contributed by atoms with Crippen molar-refractivity contribution in [3.63, 3.8) is 0 Å². The summed E-state index contributed by atoms with van der Waals surface area (Å²) in [5.74, 6) is 0.345. The topological polar surface area (TPSA) is 81.9 Å². The van der Waals surface area contributed by atoms with Crippen molar-refractivity contribution in [2.75, 3.05) is 11.9 Å². The van der Waals surface area contributed by atoms with Gasteiger partial charge in [0.2, 0.25) is 5.95 Å². The van der Waals surface area contributed by atoms with E-state index in [4.69, 9.17) is 5.26 Å². The Hall–Kier alpha value is -2.94. The number of piperidine rings is 1. The first-order valence-corrected chi connectivity index (χ1v) is 8.62. The molecule has 6 nitrogen and oxygen atoms in total. The van der Waals surface area contributed by atoms with Crippen LogP contribution in [0.25, 0.3) is 0 Å². The average molecular weight is 335 g/mol. The van der Waals surface area contributed by atoms with Crippen molar-refractivity contribution in [1.82, 2.24) is 14.9 Å². The van der Waals surface area contributed by atoms with Crippen molar-refractivity contribution in [2.24, 2.45) is 0 Å². The van der Waals surface area contributed by atoms with E-state index in [9.17, 15) is 4.79 Å². The van der Waals surface area contributed by atoms with Crippen LogP contribution in [0.5, 0.6) is 0 Å². The third kappa shape index (κ3) is 3.94. The minimum atomic E-state index is -0.0307. The molecule has 2 aromatic rings. The Morgan fingerprint density at radius 3 is 2.84 bits per heavy atom. The van der Waals surface area contributed by atoms with Crippen LogP contribution in [0.2, 0.25) is 0 Å². The van der Waals surface area contributed by atoms with E-state index in [-0.39, 0.29) is 5.91 Å². The molecule has 1 unspecified atom stereocenters. The van der Waals surface area contributed by atoms with Crippen molar-refractivity contribution < 1.29 is 4.79 Å². The Morgan fingerprint density at radius 1 is 1.32 bits per heavy atom. The first kappa shape index (κ1) is 16.9. The first-order chi connectivity index (χ1) is 12.2. The number of likely N-dealkylation sites (tertiary alicyclic amines) is 1. The van der Waals surface area contributed by atoms with Gasteiger partial charge >= 0.3 is 0 Å². The van der Waals surface area contributed by atoms with Gasteiger partial charge in [-0.1, -0.05) is 6.92 Å². The van der Waals surface area contributed by atoms with Gasteiger partial charge in [0, 0.05) is 24.5 Å². The molecule has 25 heavy (non-hydrogen) atoms. The number of anilines is 2. The quantitative estimate of drug-likeness (QED) is 0.925. The number of hydrogen-bond donors (Lipinski definition) is 1. The average Bonchev–Trinajstić information content (AvgIpc) is 2.68. The molecular weight excluding hydrogens is 314 g/mol. The number of rotatable bonds is 4. The molecular formula is C19H21N5O. The molecule has 1 N–H and O–H groups in total. The summed E-state index contributed by atoms with van der Waals surface area (Å²) in [6, 6.07) is 11.0. The minimum absolute atomic E-state index is 0.0307. The third-order valence-corrected chi connectivity index (χ3v) is 4.50. The van der Waals surface area contributed by atoms with E-state index >= 15 is 0 Å². The lowest BCUT2D eigenvalue weighted by molar-refractivity contribution is 0.0602. The van der Waals surface area contributed by atoms with Crippen LogP contribution in [-0.2, 0) is 0 Å². The van der Waals surface area contributed by atoms with Crippen LogP contribution in [-0.4, -0.2) is 33.4 Å². The van der Waals surface area contributed by atoms with Crippen LogP contribution < -0.4 is 5.32 Å². The van der Waals surface area contributed by atoms with Crippen LogP contribution in [0.15, 0.2) is 36.5 Å². The fourth-order valence-corrected chi connectivity index (χ4v) is 3.13. The van der Waals surface area contributed by atoms with Gasteiger partial charge in [-0.05, 0) is 56.0 Å². The van der Waals surface area contributed by atoms with Gasteiger partial charge in [-0.25, -0.2) is 9.97 Å². The predicted octanol–water partition coefficient (Wildman–Crippen LogP) is 3.50. The Morgan fingerprint density at radius 2 is 2.12 bits per heavy atom. The second-order valence-corrected chi connectivity index (χ2v) is 6.14. The zero-order chi connectivity index (χ0) is 17.6. The number of hydrogen-bond acceptors (Lipinski definition) is 5. The van der Waals surface area contributed by atoms with Crippen molar-refractivity contribution in [2.45, 2.75) is 38.6 Å². The third-order valence-electron chi connectivity index (χ3n) is 4.50. The van der Waals surface area contributed by atoms with Crippen molar-refractivity contribution in [3.8, 4) is 6.07 Å². The molecule has 6 heteroatoms. The molecule has 3 rings (SSSR count). The van der Waals surface area contributed by atoms with Crippen molar-refractivity contribution >= 4 is 17.5 Å². The highest BCUT2D eigenvalue weighted by Gasteiger charge is 2.27. The molecule has 1 aromatic carbocycles. The summed E-state index contributed by atoms with van der Waals surface area (Å²) in [5, 5.41) is 11.9. The van der Waals surface area contributed by atoms with E-state index < -0.39 is 0 Å². The Labute approximate surface area is 147 Å². The van der Waals surface area contributed by atoms with Gasteiger partial charge in [0.25, 0.3) is 5.91 Å². The van der Waals surface area contributed by atoms with Gasteiger partial charge in [-0.15, -0.1) is 0 Å². The second-order valence-electron chi connectivity index (χ2n) is 6.14. The summed E-state index contributed by atoms with van der Waals surface area (Å²) in [6.45, 7) is 2.91. The molecule has 1 saturated heterocycles. The largest absolute Gasteiger partial charge is 0.334 e. The van der Waals surface area contributed by atoms with Gasteiger partial charge < -0.3 is 10.2 Å². The molecule has 1 atom stereocenters. The number of aromatic nitrogens is 2. The van der Waals surface area contributed by atoms with Crippen LogP contribution in [0, 0.1) is 11.3 Å². The number of nitrogens with zero attached hydrogens (tertiary/aromatic N) is 4. The number of nitrogens with one attached hydrogen (secondary N) is 1. The van der Waals surface area contributed by atoms with E-state index in [0.29, 0.717) is 23.2 Å². The summed E-state index contributed by atoms with van der Waals surface area (Å²) >= 11 is 0. The van der Waals surface area contributed by atoms with E-state index in [0.717, 1.165) is 31.5 Å². The fourth-order valence-electron chi connectivity index (χ4n) is 3.13. The molecule has 0 radical (unpaired) electrons. The molecule has 128 valence electrons. The monoisotopic (exact) mass is 335 g/mol. The maximum absolute atomic E-state index is 12.8. The predicted molar refractivity (Wildman–Crippen MR) is 95.4 cm³/mol. The Balaban J connectivity index is 1.76. The number of nitriles is 1. The highest BCUT2D eigenvalue weighted by atomic mass is 16.2. The number of carbonyl (C=O) groups excluding carboxylic acids is 1. The maximum atomic E-state index is 12.8. The standard InChI is InChI=1S/C19H21N5O/c1-2-16-5-3-4-12-24(16)18(25)17-10-11-21-19(23-17)22-15-8-6-14(13-20)7-9-15/h6-11,16H,2-5,12H2,1H3,(H,21,22,23). The van der Waals surface area contributed by atoms with Crippen LogP contribution in [0.1, 0.15) is 48.7 Å². The number of amides is 1. The molecule has 0 bridgehead atoms. The van der Waals surface area contributed by atoms with Gasteiger partial charge in [-0.2, -0.15) is 5.26 Å². The lowest BCUT2D eigenvalue weighted by atomic mass is 9.99. The molecule has 1 amide bonds. The van der Waals surface area contributed by atoms with Crippen LogP contribution in [0.4, 0.5) is 11.6 Å². The molecule has 1 aliphatic rings. The lowest BCUT2D eigenvalue weighted by Gasteiger charge is -2.35. The molecule has 0 saturated carbocycles. The van der Waals surface area contributed by atoms with E-state index in [2.05, 4.69) is 28.3 Å². The van der Waals surface area contributed by atoms with Crippen LogP contribution in [0.3, 0.4) is 0 Å². The highest BCUT2D eigenvalue weighted by Crippen LogP contribution is 2.22. The number of carbonyl (C=O) groups is 1. The zero-order valence-corrected chi connectivity index (χ0v) is 14.3. The van der Waals surface area contributed by atoms with Gasteiger partial charge in [0.05, 0.1) is 11.6 Å². The molecule has 0 aliphatic carbocycles. The molecule has 0 spiro atoms. The first-order valence-electron chi connectivity index (χ1n) is 8.62. The minimum Gasteiger partial charge on any atom is -0.334 e. The van der Waals surface area contributed by atoms with E-state index in [1.54, 1.807) is 36.5 Å². The molecule has 1 aliphatic heterocycles. The fraction of sp³-hybridized carbons (Fsp3) is 0.368. The normalized spacial score (nSPS) is 17.0.